The van der Waals surface area contributed by atoms with E-state index in [1.807, 2.05) is 0 Å². The van der Waals surface area contributed by atoms with Crippen LogP contribution in [0.15, 0.2) is 109 Å². The van der Waals surface area contributed by atoms with Crippen molar-refractivity contribution in [2.24, 2.45) is 0 Å². The fourth-order valence-electron chi connectivity index (χ4n) is 3.43. The van der Waals surface area contributed by atoms with E-state index in [0.29, 0.717) is 0 Å². The third kappa shape index (κ3) is 3.68. The molecule has 0 atom stereocenters. The van der Waals surface area contributed by atoms with Crippen molar-refractivity contribution in [3.05, 3.63) is 96.1 Å². The molecule has 0 bridgehead atoms. The number of hydrogen-bond acceptors (Lipinski definition) is 3. The lowest BCUT2D eigenvalue weighted by molar-refractivity contribution is 0.666. The largest absolute Gasteiger partial charge is 0.456 e. The number of aryl methyl sites for hydroxylation is 2. The lowest BCUT2D eigenvalue weighted by Gasteiger charge is -2.10. The van der Waals surface area contributed by atoms with Gasteiger partial charge in [-0.2, -0.15) is 0 Å². The maximum atomic E-state index is 6.25. The van der Waals surface area contributed by atoms with Crippen molar-refractivity contribution in [1.82, 2.24) is 0 Å². The first kappa shape index (κ1) is 18.4. The Morgan fingerprint density at radius 2 is 1.03 bits per heavy atom. The van der Waals surface area contributed by atoms with Crippen molar-refractivity contribution in [3.63, 3.8) is 0 Å². The normalized spacial score (nSPS) is 11.4. The van der Waals surface area contributed by atoms with Crippen LogP contribution in [0.1, 0.15) is 11.1 Å². The Labute approximate surface area is 179 Å². The van der Waals surface area contributed by atoms with Crippen LogP contribution in [0.25, 0.3) is 21.9 Å². The molecule has 0 fully saturated rings. The minimum atomic E-state index is 0.945. The summed E-state index contributed by atoms with van der Waals surface area (Å²) >= 11 is 3.59. The molecule has 3 heteroatoms. The zero-order valence-electron chi connectivity index (χ0n) is 16.3. The van der Waals surface area contributed by atoms with Crippen LogP contribution < -0.4 is 0 Å². The molecule has 0 saturated heterocycles. The van der Waals surface area contributed by atoms with Crippen LogP contribution in [0, 0.1) is 13.8 Å². The van der Waals surface area contributed by atoms with Crippen LogP contribution in [0.3, 0.4) is 0 Å². The predicted octanol–water partition coefficient (Wildman–Crippen LogP) is 8.51. The summed E-state index contributed by atoms with van der Waals surface area (Å²) < 4.78 is 6.25. The summed E-state index contributed by atoms with van der Waals surface area (Å²) in [6.07, 6.45) is 0. The van der Waals surface area contributed by atoms with Gasteiger partial charge in [-0.25, -0.2) is 0 Å². The van der Waals surface area contributed by atoms with Gasteiger partial charge in [0.2, 0.25) is 0 Å². The highest BCUT2D eigenvalue weighted by Gasteiger charge is 2.15. The molecule has 1 heterocycles. The van der Waals surface area contributed by atoms with Crippen molar-refractivity contribution < 1.29 is 4.42 Å². The van der Waals surface area contributed by atoms with Gasteiger partial charge in [0.1, 0.15) is 11.2 Å². The number of furan rings is 1. The van der Waals surface area contributed by atoms with E-state index >= 15 is 0 Å². The lowest BCUT2D eigenvalue weighted by Crippen LogP contribution is -1.82. The average Bonchev–Trinajstić information content (AvgIpc) is 3.06. The highest BCUT2D eigenvalue weighted by molar-refractivity contribution is 8.02. The fraction of sp³-hybridized carbons (Fsp3) is 0.0769. The molecule has 5 aromatic rings. The van der Waals surface area contributed by atoms with E-state index in [1.54, 1.807) is 23.5 Å². The van der Waals surface area contributed by atoms with Crippen LogP contribution in [-0.2, 0) is 0 Å². The molecule has 0 aliphatic heterocycles. The van der Waals surface area contributed by atoms with Gasteiger partial charge in [-0.1, -0.05) is 59.9 Å². The Morgan fingerprint density at radius 3 is 1.66 bits per heavy atom. The SMILES string of the molecule is Cc1cc2oc3cc(Sc4ccccc4)c(Sc4ccccc4)cc3c2cc1C. The second-order valence-electron chi connectivity index (χ2n) is 7.16. The maximum Gasteiger partial charge on any atom is 0.136 e. The zero-order chi connectivity index (χ0) is 19.8. The predicted molar refractivity (Wildman–Crippen MR) is 124 cm³/mol. The minimum absolute atomic E-state index is 0.945. The van der Waals surface area contributed by atoms with E-state index in [1.165, 1.54) is 41.5 Å². The second kappa shape index (κ2) is 7.66. The van der Waals surface area contributed by atoms with Gasteiger partial charge in [-0.15, -0.1) is 0 Å². The smallest absolute Gasteiger partial charge is 0.136 e. The second-order valence-corrected chi connectivity index (χ2v) is 9.39. The Kier molecular flexibility index (Phi) is 4.86. The van der Waals surface area contributed by atoms with Crippen LogP contribution in [-0.4, -0.2) is 0 Å². The van der Waals surface area contributed by atoms with Gasteiger partial charge in [0, 0.05) is 30.4 Å². The first-order chi connectivity index (χ1) is 14.2. The summed E-state index contributed by atoms with van der Waals surface area (Å²) in [4.78, 5) is 4.93. The molecule has 0 aliphatic carbocycles. The molecular formula is C26H20OS2. The summed E-state index contributed by atoms with van der Waals surface area (Å²) in [6.45, 7) is 4.29. The van der Waals surface area contributed by atoms with E-state index in [0.717, 1.165) is 11.2 Å². The number of hydrogen-bond donors (Lipinski definition) is 0. The van der Waals surface area contributed by atoms with Gasteiger partial charge < -0.3 is 4.42 Å². The van der Waals surface area contributed by atoms with Gasteiger partial charge in [-0.3, -0.25) is 0 Å². The molecule has 4 aromatic carbocycles. The van der Waals surface area contributed by atoms with Crippen molar-refractivity contribution >= 4 is 45.5 Å². The number of fused-ring (bicyclic) bond motifs is 3. The van der Waals surface area contributed by atoms with Crippen molar-refractivity contribution in [2.45, 2.75) is 33.4 Å². The molecule has 5 rings (SSSR count). The van der Waals surface area contributed by atoms with E-state index in [4.69, 9.17) is 4.42 Å². The van der Waals surface area contributed by atoms with E-state index in [2.05, 4.69) is 98.8 Å². The molecular weight excluding hydrogens is 392 g/mol. The summed E-state index contributed by atoms with van der Waals surface area (Å²) in [5.41, 5.74) is 4.45. The monoisotopic (exact) mass is 412 g/mol. The fourth-order valence-corrected chi connectivity index (χ4v) is 5.44. The first-order valence-corrected chi connectivity index (χ1v) is 11.2. The van der Waals surface area contributed by atoms with Gasteiger partial charge in [-0.05, 0) is 73.5 Å². The molecule has 29 heavy (non-hydrogen) atoms. The minimum Gasteiger partial charge on any atom is -0.456 e. The number of rotatable bonds is 4. The molecule has 0 N–H and O–H groups in total. The Morgan fingerprint density at radius 1 is 0.552 bits per heavy atom. The molecule has 0 aliphatic rings. The van der Waals surface area contributed by atoms with E-state index < -0.39 is 0 Å². The van der Waals surface area contributed by atoms with Crippen molar-refractivity contribution in [2.75, 3.05) is 0 Å². The zero-order valence-corrected chi connectivity index (χ0v) is 17.9. The van der Waals surface area contributed by atoms with E-state index in [9.17, 15) is 0 Å². The first-order valence-electron chi connectivity index (χ1n) is 9.61. The maximum absolute atomic E-state index is 6.25. The standard InChI is InChI=1S/C26H20OS2/c1-17-13-21-22-15-25(28-19-9-5-3-6-10-19)26(29-20-11-7-4-8-12-20)16-24(22)27-23(21)14-18(17)2/h3-16H,1-2H3. The molecule has 142 valence electrons. The Bertz CT molecular complexity index is 1300. The third-order valence-electron chi connectivity index (χ3n) is 5.09. The number of benzene rings is 4. The highest BCUT2D eigenvalue weighted by atomic mass is 32.2. The van der Waals surface area contributed by atoms with Crippen LogP contribution in [0.4, 0.5) is 0 Å². The Balaban J connectivity index is 1.69. The van der Waals surface area contributed by atoms with Gasteiger partial charge in [0.15, 0.2) is 0 Å². The van der Waals surface area contributed by atoms with Crippen LogP contribution in [0.2, 0.25) is 0 Å². The van der Waals surface area contributed by atoms with Gasteiger partial charge >= 0.3 is 0 Å². The summed E-state index contributed by atoms with van der Waals surface area (Å²) in [5, 5.41) is 2.37. The molecule has 1 nitrogen and oxygen atoms in total. The van der Waals surface area contributed by atoms with Crippen LogP contribution in [0.5, 0.6) is 0 Å². The van der Waals surface area contributed by atoms with Crippen LogP contribution >= 0.6 is 23.5 Å². The quantitative estimate of drug-likeness (QED) is 0.294. The van der Waals surface area contributed by atoms with Crippen molar-refractivity contribution in [3.8, 4) is 0 Å². The average molecular weight is 413 g/mol. The highest BCUT2D eigenvalue weighted by Crippen LogP contribution is 2.43. The van der Waals surface area contributed by atoms with Gasteiger partial charge in [0.25, 0.3) is 0 Å². The lowest BCUT2D eigenvalue weighted by atomic mass is 10.1. The summed E-state index contributed by atoms with van der Waals surface area (Å²) in [7, 11) is 0. The Hall–Kier alpha value is -2.62. The third-order valence-corrected chi connectivity index (χ3v) is 7.35. The summed E-state index contributed by atoms with van der Waals surface area (Å²) in [5.74, 6) is 0. The molecule has 0 unspecified atom stereocenters. The molecule has 1 aromatic heterocycles. The molecule has 0 radical (unpaired) electrons. The molecule has 0 saturated carbocycles. The van der Waals surface area contributed by atoms with Gasteiger partial charge in [0.05, 0.1) is 0 Å². The summed E-state index contributed by atoms with van der Waals surface area (Å²) in [6, 6.07) is 30.0. The van der Waals surface area contributed by atoms with E-state index in [-0.39, 0.29) is 0 Å². The molecule has 0 amide bonds. The van der Waals surface area contributed by atoms with Crippen molar-refractivity contribution in [1.29, 1.82) is 0 Å². The molecule has 0 spiro atoms. The topological polar surface area (TPSA) is 13.1 Å².